The number of fused-ring (bicyclic) bond motifs is 1. The van der Waals surface area contributed by atoms with Crippen LogP contribution in [0.3, 0.4) is 0 Å². The Morgan fingerprint density at radius 1 is 1.23 bits per heavy atom. The molecule has 8 nitrogen and oxygen atoms in total. The molecule has 2 aliphatic rings. The van der Waals surface area contributed by atoms with Crippen LogP contribution in [0.5, 0.6) is 0 Å². The summed E-state index contributed by atoms with van der Waals surface area (Å²) in [6.45, 7) is 13.2. The van der Waals surface area contributed by atoms with Gasteiger partial charge in [0.05, 0.1) is 12.7 Å². The molecule has 2 fully saturated rings. The van der Waals surface area contributed by atoms with E-state index in [1.54, 1.807) is 0 Å². The van der Waals surface area contributed by atoms with Gasteiger partial charge in [0.25, 0.3) is 0 Å². The highest BCUT2D eigenvalue weighted by atomic mass is 28.4. The summed E-state index contributed by atoms with van der Waals surface area (Å²) in [4.78, 5) is 2.94. The summed E-state index contributed by atoms with van der Waals surface area (Å²) in [5.41, 5.74) is 9.96. The van der Waals surface area contributed by atoms with E-state index in [9.17, 15) is 5.11 Å². The van der Waals surface area contributed by atoms with Gasteiger partial charge in [-0.25, -0.2) is 0 Å². The lowest BCUT2D eigenvalue weighted by Crippen LogP contribution is -2.63. The van der Waals surface area contributed by atoms with Crippen LogP contribution in [0.4, 0.5) is 0 Å². The second-order valence-corrected chi connectivity index (χ2v) is 14.0. The molecule has 3 rings (SSSR count). The first-order valence-electron chi connectivity index (χ1n) is 10.5. The average molecular weight is 436 g/mol. The molecule has 1 aromatic rings. The van der Waals surface area contributed by atoms with Crippen molar-refractivity contribution in [1.29, 1.82) is 0 Å². The molecule has 1 N–H and O–H groups in total. The topological polar surface area (TPSA) is 106 Å². The van der Waals surface area contributed by atoms with Gasteiger partial charge in [-0.2, -0.15) is 0 Å². The van der Waals surface area contributed by atoms with Crippen LogP contribution in [0, 0.1) is 5.92 Å². The molecule has 0 aliphatic carbocycles. The van der Waals surface area contributed by atoms with E-state index in [-0.39, 0.29) is 11.6 Å². The summed E-state index contributed by atoms with van der Waals surface area (Å²) in [7, 11) is -2.31. The first-order chi connectivity index (χ1) is 14.1. The van der Waals surface area contributed by atoms with Crippen molar-refractivity contribution < 1.29 is 23.7 Å². The summed E-state index contributed by atoms with van der Waals surface area (Å²) >= 11 is 0. The van der Waals surface area contributed by atoms with E-state index in [2.05, 4.69) is 50.8 Å². The molecular weight excluding hydrogens is 402 g/mol. The van der Waals surface area contributed by atoms with Gasteiger partial charge in [-0.15, -0.1) is 0 Å². The number of azide groups is 1. The Morgan fingerprint density at radius 2 is 1.90 bits per heavy atom. The highest BCUT2D eigenvalue weighted by Gasteiger charge is 2.53. The average Bonchev–Trinajstić information content (AvgIpc) is 2.71. The van der Waals surface area contributed by atoms with Gasteiger partial charge in [-0.05, 0) is 29.6 Å². The van der Waals surface area contributed by atoms with Gasteiger partial charge in [-0.3, -0.25) is 0 Å². The van der Waals surface area contributed by atoms with E-state index in [1.807, 2.05) is 30.3 Å². The molecule has 0 aromatic heterocycles. The van der Waals surface area contributed by atoms with Crippen LogP contribution in [0.2, 0.25) is 18.1 Å². The molecule has 0 saturated carbocycles. The minimum atomic E-state index is -2.31. The third kappa shape index (κ3) is 4.43. The molecular formula is C21H33N3O5Si. The van der Waals surface area contributed by atoms with Crippen LogP contribution >= 0.6 is 0 Å². The van der Waals surface area contributed by atoms with Crippen molar-refractivity contribution in [2.24, 2.45) is 11.0 Å². The zero-order chi connectivity index (χ0) is 22.1. The fourth-order valence-electron chi connectivity index (χ4n) is 3.77. The summed E-state index contributed by atoms with van der Waals surface area (Å²) in [5, 5.41) is 14.8. The number of aliphatic hydroxyl groups is 1. The van der Waals surface area contributed by atoms with E-state index in [4.69, 9.17) is 24.2 Å². The molecule has 0 spiro atoms. The third-order valence-corrected chi connectivity index (χ3v) is 11.5. The van der Waals surface area contributed by atoms with Crippen molar-refractivity contribution in [2.45, 2.75) is 82.8 Å². The number of hydrogen-bond donors (Lipinski definition) is 1. The normalized spacial score (nSPS) is 32.4. The Kier molecular flexibility index (Phi) is 6.93. The summed E-state index contributed by atoms with van der Waals surface area (Å²) in [6, 6.07) is 8.62. The Balaban J connectivity index is 1.80. The Morgan fingerprint density at radius 3 is 2.50 bits per heavy atom. The van der Waals surface area contributed by atoms with Gasteiger partial charge in [0.2, 0.25) is 0 Å². The molecule has 0 amide bonds. The molecule has 2 saturated heterocycles. The van der Waals surface area contributed by atoms with Crippen LogP contribution in [0.1, 0.15) is 39.5 Å². The zero-order valence-electron chi connectivity index (χ0n) is 18.6. The quantitative estimate of drug-likeness (QED) is 0.306. The van der Waals surface area contributed by atoms with Gasteiger partial charge in [0.15, 0.2) is 20.9 Å². The summed E-state index contributed by atoms with van der Waals surface area (Å²) < 4.78 is 24.5. The number of aliphatic hydroxyl groups excluding tert-OH is 1. The Hall–Kier alpha value is -1.45. The molecule has 0 unspecified atom stereocenters. The molecule has 2 aliphatic heterocycles. The smallest absolute Gasteiger partial charge is 0.196 e. The second-order valence-electron chi connectivity index (χ2n) is 9.41. The third-order valence-electron chi connectivity index (χ3n) is 7.00. The van der Waals surface area contributed by atoms with Gasteiger partial charge < -0.3 is 23.7 Å². The lowest BCUT2D eigenvalue weighted by molar-refractivity contribution is -0.333. The van der Waals surface area contributed by atoms with Gasteiger partial charge in [-0.1, -0.05) is 63.1 Å². The monoisotopic (exact) mass is 435 g/mol. The highest BCUT2D eigenvalue weighted by Crippen LogP contribution is 2.46. The minimum Gasteiger partial charge on any atom is -0.392 e. The fourth-order valence-corrected chi connectivity index (χ4v) is 6.24. The maximum atomic E-state index is 11.0. The first kappa shape index (κ1) is 23.2. The van der Waals surface area contributed by atoms with Crippen LogP contribution in [0.25, 0.3) is 10.4 Å². The Bertz CT molecular complexity index is 769. The molecule has 1 aromatic carbocycles. The van der Waals surface area contributed by atoms with E-state index < -0.39 is 45.3 Å². The van der Waals surface area contributed by atoms with Crippen molar-refractivity contribution in [3.8, 4) is 0 Å². The summed E-state index contributed by atoms with van der Waals surface area (Å²) in [5.74, 6) is 0.395. The molecule has 30 heavy (non-hydrogen) atoms. The highest BCUT2D eigenvalue weighted by molar-refractivity contribution is 6.74. The van der Waals surface area contributed by atoms with E-state index >= 15 is 0 Å². The van der Waals surface area contributed by atoms with Crippen molar-refractivity contribution in [3.63, 3.8) is 0 Å². The summed E-state index contributed by atoms with van der Waals surface area (Å²) in [6.07, 6.45) is -3.71. The van der Waals surface area contributed by atoms with Gasteiger partial charge >= 0.3 is 0 Å². The minimum absolute atomic E-state index is 0.0585. The van der Waals surface area contributed by atoms with E-state index in [0.717, 1.165) is 5.56 Å². The molecule has 166 valence electrons. The number of nitrogens with zero attached hydrogens (tertiary/aromatic N) is 3. The first-order valence-corrected chi connectivity index (χ1v) is 13.4. The number of benzene rings is 1. The Labute approximate surface area is 179 Å². The lowest BCUT2D eigenvalue weighted by Gasteiger charge is -2.50. The maximum Gasteiger partial charge on any atom is 0.196 e. The van der Waals surface area contributed by atoms with Crippen LogP contribution in [0.15, 0.2) is 35.4 Å². The molecule has 9 heteroatoms. The van der Waals surface area contributed by atoms with E-state index in [1.165, 1.54) is 0 Å². The number of rotatable bonds is 6. The molecule has 6 atom stereocenters. The largest absolute Gasteiger partial charge is 0.392 e. The van der Waals surface area contributed by atoms with Crippen molar-refractivity contribution in [2.75, 3.05) is 6.61 Å². The fraction of sp³-hybridized carbons (Fsp3) is 0.714. The number of ether oxygens (including phenoxy) is 3. The van der Waals surface area contributed by atoms with Crippen LogP contribution in [-0.4, -0.2) is 50.7 Å². The predicted molar refractivity (Wildman–Crippen MR) is 115 cm³/mol. The van der Waals surface area contributed by atoms with E-state index in [0.29, 0.717) is 5.92 Å². The van der Waals surface area contributed by atoms with Crippen molar-refractivity contribution >= 4 is 8.32 Å². The molecule has 2 heterocycles. The van der Waals surface area contributed by atoms with Crippen LogP contribution < -0.4 is 0 Å². The standard InChI is InChI=1S/C21H33N3O5Si/c1-13(2)21(3,4)30(5,6)29-20-16(23-24-22)17(25)18-15(27-20)12-26-19(28-18)14-10-8-7-9-11-14/h7-11,13,15-20,25H,12H2,1-6H3/t15-,16-,17-,18-,19-,20+/m1/s1. The van der Waals surface area contributed by atoms with Crippen molar-refractivity contribution in [3.05, 3.63) is 46.3 Å². The second kappa shape index (κ2) is 8.96. The van der Waals surface area contributed by atoms with Crippen molar-refractivity contribution in [1.82, 2.24) is 0 Å². The maximum absolute atomic E-state index is 11.0. The van der Waals surface area contributed by atoms with Gasteiger partial charge in [0.1, 0.15) is 18.2 Å². The SMILES string of the molecule is CC(C)C(C)(C)[Si](C)(C)O[C@@H]1O[C@@H]2CO[C@@H](c3ccccc3)O[C@H]2[C@H](O)[C@H]1N=[N+]=[N-]. The van der Waals surface area contributed by atoms with Gasteiger partial charge in [0, 0.05) is 10.5 Å². The molecule has 0 bridgehead atoms. The molecule has 0 radical (unpaired) electrons. The lowest BCUT2D eigenvalue weighted by atomic mass is 9.96. The van der Waals surface area contributed by atoms with Crippen LogP contribution in [-0.2, 0) is 18.6 Å². The number of hydrogen-bond acceptors (Lipinski definition) is 6. The zero-order valence-corrected chi connectivity index (χ0v) is 19.6. The predicted octanol–water partition coefficient (Wildman–Crippen LogP) is 4.52.